The highest BCUT2D eigenvalue weighted by molar-refractivity contribution is 4.91. The number of fused-ring (bicyclic) bond motifs is 1. The molecule has 17 heavy (non-hydrogen) atoms. The van der Waals surface area contributed by atoms with E-state index in [-0.39, 0.29) is 0 Å². The van der Waals surface area contributed by atoms with Crippen molar-refractivity contribution >= 4 is 0 Å². The Labute approximate surface area is 106 Å². The molecule has 100 valence electrons. The highest BCUT2D eigenvalue weighted by Gasteiger charge is 2.35. The number of hydrogen-bond acceptors (Lipinski definition) is 3. The Morgan fingerprint density at radius 1 is 1.29 bits per heavy atom. The molecular weight excluding hydrogens is 210 g/mol. The maximum atomic E-state index is 5.93. The summed E-state index contributed by atoms with van der Waals surface area (Å²) in [6, 6.07) is 1.48. The Morgan fingerprint density at radius 2 is 2.12 bits per heavy atom. The van der Waals surface area contributed by atoms with Gasteiger partial charge in [0.15, 0.2) is 0 Å². The van der Waals surface area contributed by atoms with Crippen LogP contribution in [0.2, 0.25) is 0 Å². The molecule has 0 aliphatic carbocycles. The Kier molecular flexibility index (Phi) is 4.83. The van der Waals surface area contributed by atoms with Crippen LogP contribution in [-0.4, -0.2) is 55.1 Å². The molecule has 0 aromatic rings. The van der Waals surface area contributed by atoms with E-state index in [1.807, 2.05) is 0 Å². The molecule has 0 bridgehead atoms. The van der Waals surface area contributed by atoms with E-state index in [2.05, 4.69) is 23.8 Å². The summed E-state index contributed by atoms with van der Waals surface area (Å²) in [6.45, 7) is 6.95. The maximum absolute atomic E-state index is 5.93. The van der Waals surface area contributed by atoms with E-state index in [9.17, 15) is 0 Å². The molecule has 2 rings (SSSR count). The van der Waals surface area contributed by atoms with Crippen LogP contribution in [0.1, 0.15) is 39.0 Å². The summed E-state index contributed by atoms with van der Waals surface area (Å²) in [5, 5.41) is 0. The zero-order valence-corrected chi connectivity index (χ0v) is 11.6. The predicted octanol–water partition coefficient (Wildman–Crippen LogP) is 1.53. The first kappa shape index (κ1) is 13.3. The van der Waals surface area contributed by atoms with Crippen molar-refractivity contribution in [2.75, 3.05) is 33.2 Å². The Balaban J connectivity index is 1.92. The van der Waals surface area contributed by atoms with Crippen molar-refractivity contribution in [2.45, 2.75) is 51.1 Å². The summed E-state index contributed by atoms with van der Waals surface area (Å²) in [5.74, 6) is 0.897. The molecule has 3 nitrogen and oxygen atoms in total. The van der Waals surface area contributed by atoms with Gasteiger partial charge in [0, 0.05) is 25.2 Å². The van der Waals surface area contributed by atoms with E-state index in [0.717, 1.165) is 18.5 Å². The molecule has 0 aromatic carbocycles. The Bertz CT molecular complexity index is 232. The van der Waals surface area contributed by atoms with Crippen LogP contribution in [0.5, 0.6) is 0 Å². The van der Waals surface area contributed by atoms with E-state index in [4.69, 9.17) is 5.73 Å². The standard InChI is InChI=1S/C14H29N3/c1-3-5-13(10-15)17-9-7-14-12(11-17)6-4-8-16(14)2/h12-14H,3-11,15H2,1-2H3. The third-order valence-electron chi connectivity index (χ3n) is 4.79. The fraction of sp³-hybridized carbons (Fsp3) is 1.00. The topological polar surface area (TPSA) is 32.5 Å². The van der Waals surface area contributed by atoms with Crippen molar-refractivity contribution in [1.82, 2.24) is 9.80 Å². The van der Waals surface area contributed by atoms with Crippen LogP contribution in [0.25, 0.3) is 0 Å². The van der Waals surface area contributed by atoms with Crippen LogP contribution in [0.3, 0.4) is 0 Å². The van der Waals surface area contributed by atoms with Crippen molar-refractivity contribution in [3.63, 3.8) is 0 Å². The van der Waals surface area contributed by atoms with E-state index in [1.165, 1.54) is 51.7 Å². The van der Waals surface area contributed by atoms with Gasteiger partial charge in [0.25, 0.3) is 0 Å². The zero-order chi connectivity index (χ0) is 12.3. The first-order valence-corrected chi connectivity index (χ1v) is 7.40. The lowest BCUT2D eigenvalue weighted by atomic mass is 9.83. The minimum absolute atomic E-state index is 0.633. The van der Waals surface area contributed by atoms with Crippen molar-refractivity contribution in [2.24, 2.45) is 11.7 Å². The van der Waals surface area contributed by atoms with E-state index in [1.54, 1.807) is 0 Å². The number of likely N-dealkylation sites (tertiary alicyclic amines) is 2. The van der Waals surface area contributed by atoms with Gasteiger partial charge < -0.3 is 10.6 Å². The van der Waals surface area contributed by atoms with Crippen molar-refractivity contribution in [1.29, 1.82) is 0 Å². The average Bonchev–Trinajstić information content (AvgIpc) is 2.36. The molecule has 2 heterocycles. The molecule has 0 saturated carbocycles. The molecule has 0 spiro atoms. The minimum atomic E-state index is 0.633. The van der Waals surface area contributed by atoms with Crippen molar-refractivity contribution < 1.29 is 0 Å². The minimum Gasteiger partial charge on any atom is -0.329 e. The third-order valence-corrected chi connectivity index (χ3v) is 4.79. The second kappa shape index (κ2) is 6.17. The van der Waals surface area contributed by atoms with Gasteiger partial charge in [-0.2, -0.15) is 0 Å². The molecule has 3 unspecified atom stereocenters. The number of piperidine rings is 2. The number of rotatable bonds is 4. The van der Waals surface area contributed by atoms with Crippen LogP contribution in [0.15, 0.2) is 0 Å². The van der Waals surface area contributed by atoms with Gasteiger partial charge in [-0.15, -0.1) is 0 Å². The lowest BCUT2D eigenvalue weighted by Crippen LogP contribution is -2.55. The Morgan fingerprint density at radius 3 is 2.82 bits per heavy atom. The normalized spacial score (nSPS) is 33.4. The van der Waals surface area contributed by atoms with Gasteiger partial charge in [-0.05, 0) is 51.7 Å². The van der Waals surface area contributed by atoms with Gasteiger partial charge in [-0.1, -0.05) is 13.3 Å². The zero-order valence-electron chi connectivity index (χ0n) is 11.6. The lowest BCUT2D eigenvalue weighted by molar-refractivity contribution is 0.0199. The molecule has 3 atom stereocenters. The molecule has 3 heteroatoms. The number of nitrogens with two attached hydrogens (primary N) is 1. The first-order chi connectivity index (χ1) is 8.26. The first-order valence-electron chi connectivity index (χ1n) is 7.40. The van der Waals surface area contributed by atoms with Gasteiger partial charge in [-0.25, -0.2) is 0 Å². The summed E-state index contributed by atoms with van der Waals surface area (Å²) in [4.78, 5) is 5.26. The smallest absolute Gasteiger partial charge is 0.0218 e. The van der Waals surface area contributed by atoms with E-state index >= 15 is 0 Å². The maximum Gasteiger partial charge on any atom is 0.0218 e. The van der Waals surface area contributed by atoms with Crippen LogP contribution >= 0.6 is 0 Å². The molecule has 2 aliphatic heterocycles. The SMILES string of the molecule is CCCC(CN)N1CCC2C(CCCN2C)C1. The summed E-state index contributed by atoms with van der Waals surface area (Å²) >= 11 is 0. The van der Waals surface area contributed by atoms with E-state index < -0.39 is 0 Å². The van der Waals surface area contributed by atoms with Gasteiger partial charge in [0.05, 0.1) is 0 Å². The average molecular weight is 239 g/mol. The van der Waals surface area contributed by atoms with E-state index in [0.29, 0.717) is 6.04 Å². The monoisotopic (exact) mass is 239 g/mol. The highest BCUT2D eigenvalue weighted by atomic mass is 15.2. The van der Waals surface area contributed by atoms with Gasteiger partial charge >= 0.3 is 0 Å². The molecule has 0 amide bonds. The van der Waals surface area contributed by atoms with Gasteiger partial charge in [0.1, 0.15) is 0 Å². The highest BCUT2D eigenvalue weighted by Crippen LogP contribution is 2.30. The Hall–Kier alpha value is -0.120. The molecule has 2 aliphatic rings. The molecular formula is C14H29N3. The fourth-order valence-electron chi connectivity index (χ4n) is 3.79. The van der Waals surface area contributed by atoms with Crippen LogP contribution in [-0.2, 0) is 0 Å². The number of hydrogen-bond donors (Lipinski definition) is 1. The second-order valence-corrected chi connectivity index (χ2v) is 5.91. The molecule has 2 N–H and O–H groups in total. The molecule has 2 fully saturated rings. The van der Waals surface area contributed by atoms with Crippen molar-refractivity contribution in [3.05, 3.63) is 0 Å². The number of nitrogens with zero attached hydrogens (tertiary/aromatic N) is 2. The second-order valence-electron chi connectivity index (χ2n) is 5.91. The summed E-state index contributed by atoms with van der Waals surface area (Å²) in [6.07, 6.45) is 6.68. The van der Waals surface area contributed by atoms with Gasteiger partial charge in [0.2, 0.25) is 0 Å². The largest absolute Gasteiger partial charge is 0.329 e. The third kappa shape index (κ3) is 3.01. The van der Waals surface area contributed by atoms with Crippen LogP contribution < -0.4 is 5.73 Å². The van der Waals surface area contributed by atoms with Crippen LogP contribution in [0, 0.1) is 5.92 Å². The summed E-state index contributed by atoms with van der Waals surface area (Å²) < 4.78 is 0. The van der Waals surface area contributed by atoms with Gasteiger partial charge in [-0.3, -0.25) is 4.90 Å². The van der Waals surface area contributed by atoms with Crippen molar-refractivity contribution in [3.8, 4) is 0 Å². The predicted molar refractivity (Wildman–Crippen MR) is 73.1 cm³/mol. The summed E-state index contributed by atoms with van der Waals surface area (Å²) in [7, 11) is 2.30. The summed E-state index contributed by atoms with van der Waals surface area (Å²) in [5.41, 5.74) is 5.93. The molecule has 0 radical (unpaired) electrons. The van der Waals surface area contributed by atoms with Crippen LogP contribution in [0.4, 0.5) is 0 Å². The molecule has 2 saturated heterocycles. The molecule has 0 aromatic heterocycles. The lowest BCUT2D eigenvalue weighted by Gasteiger charge is -2.48. The quantitative estimate of drug-likeness (QED) is 0.807. The fourth-order valence-corrected chi connectivity index (χ4v) is 3.79.